The van der Waals surface area contributed by atoms with E-state index in [9.17, 15) is 0 Å². The van der Waals surface area contributed by atoms with E-state index in [1.807, 2.05) is 12.1 Å². The minimum absolute atomic E-state index is 0.916. The molecule has 0 fully saturated rings. The summed E-state index contributed by atoms with van der Waals surface area (Å²) in [6.07, 6.45) is 0. The average Bonchev–Trinajstić information content (AvgIpc) is 3.68. The molecule has 0 saturated heterocycles. The third kappa shape index (κ3) is 3.93. The first-order valence-corrected chi connectivity index (χ1v) is 16.0. The topological polar surface area (TPSA) is 21.3 Å². The first-order chi connectivity index (χ1) is 23.3. The standard InChI is InChI=1S/C44H28N2O/c1-2-12-34-29(10-1)11-9-18-40(34)45(33-25-27-35-30(28-33)20-26-39-38-15-5-8-19-43(38)47-44(35)39)31-21-23-32(24-22-31)46-41-16-6-3-13-36(41)37-14-4-7-17-42(37)46/h1-28H. The van der Waals surface area contributed by atoms with Gasteiger partial charge in [0.2, 0.25) is 0 Å². The van der Waals surface area contributed by atoms with Crippen LogP contribution in [0.3, 0.4) is 0 Å². The van der Waals surface area contributed by atoms with E-state index in [1.54, 1.807) is 0 Å². The molecule has 0 aliphatic carbocycles. The molecular formula is C44H28N2O. The monoisotopic (exact) mass is 600 g/mol. The summed E-state index contributed by atoms with van der Waals surface area (Å²) >= 11 is 0. The highest BCUT2D eigenvalue weighted by Gasteiger charge is 2.18. The van der Waals surface area contributed by atoms with E-state index in [1.165, 1.54) is 32.6 Å². The van der Waals surface area contributed by atoms with Crippen LogP contribution in [0.4, 0.5) is 17.1 Å². The summed E-state index contributed by atoms with van der Waals surface area (Å²) in [5.74, 6) is 0. The maximum Gasteiger partial charge on any atom is 0.143 e. The van der Waals surface area contributed by atoms with Crippen LogP contribution in [0.2, 0.25) is 0 Å². The van der Waals surface area contributed by atoms with Crippen molar-refractivity contribution in [2.24, 2.45) is 0 Å². The minimum atomic E-state index is 0.916. The van der Waals surface area contributed by atoms with Crippen molar-refractivity contribution in [2.75, 3.05) is 4.90 Å². The number of fused-ring (bicyclic) bond motifs is 9. The third-order valence-electron chi connectivity index (χ3n) is 9.56. The second-order valence-corrected chi connectivity index (χ2v) is 12.2. The lowest BCUT2D eigenvalue weighted by molar-refractivity contribution is 0.672. The fourth-order valence-corrected chi connectivity index (χ4v) is 7.42. The Kier molecular flexibility index (Phi) is 5.57. The summed E-state index contributed by atoms with van der Waals surface area (Å²) < 4.78 is 8.75. The van der Waals surface area contributed by atoms with Crippen molar-refractivity contribution in [1.29, 1.82) is 0 Å². The molecule has 0 aliphatic heterocycles. The molecule has 0 bridgehead atoms. The van der Waals surface area contributed by atoms with Crippen LogP contribution >= 0.6 is 0 Å². The molecule has 0 amide bonds. The highest BCUT2D eigenvalue weighted by atomic mass is 16.3. The average molecular weight is 601 g/mol. The SMILES string of the molecule is c1ccc2c(N(c3ccc(-n4c5ccccc5c5ccccc54)cc3)c3ccc4c(ccc5c6ccccc6oc45)c3)cccc2c1. The fourth-order valence-electron chi connectivity index (χ4n) is 7.42. The number of anilines is 3. The van der Waals surface area contributed by atoms with Gasteiger partial charge in [-0.2, -0.15) is 0 Å². The first kappa shape index (κ1) is 26.0. The lowest BCUT2D eigenvalue weighted by Gasteiger charge is -2.27. The van der Waals surface area contributed by atoms with E-state index in [0.717, 1.165) is 55.5 Å². The summed E-state index contributed by atoms with van der Waals surface area (Å²) in [6.45, 7) is 0. The van der Waals surface area contributed by atoms with Crippen LogP contribution in [0.25, 0.3) is 71.0 Å². The molecule has 0 aliphatic rings. The van der Waals surface area contributed by atoms with Gasteiger partial charge in [0, 0.05) is 49.4 Å². The van der Waals surface area contributed by atoms with Gasteiger partial charge in [-0.15, -0.1) is 0 Å². The second kappa shape index (κ2) is 10.1. The van der Waals surface area contributed by atoms with Crippen LogP contribution in [-0.2, 0) is 0 Å². The zero-order valence-corrected chi connectivity index (χ0v) is 25.5. The van der Waals surface area contributed by atoms with Gasteiger partial charge in [0.05, 0.1) is 16.7 Å². The van der Waals surface area contributed by atoms with Gasteiger partial charge in [-0.25, -0.2) is 0 Å². The molecule has 8 aromatic carbocycles. The summed E-state index contributed by atoms with van der Waals surface area (Å²) in [4.78, 5) is 2.38. The normalized spacial score (nSPS) is 11.8. The summed E-state index contributed by atoms with van der Waals surface area (Å²) in [5, 5.41) is 9.49. The highest BCUT2D eigenvalue weighted by Crippen LogP contribution is 2.42. The smallest absolute Gasteiger partial charge is 0.143 e. The maximum absolute atomic E-state index is 6.39. The van der Waals surface area contributed by atoms with Gasteiger partial charge in [-0.05, 0) is 83.6 Å². The molecule has 0 unspecified atom stereocenters. The van der Waals surface area contributed by atoms with Gasteiger partial charge in [0.25, 0.3) is 0 Å². The van der Waals surface area contributed by atoms with Crippen molar-refractivity contribution in [3.63, 3.8) is 0 Å². The van der Waals surface area contributed by atoms with Crippen molar-refractivity contribution in [1.82, 2.24) is 4.57 Å². The maximum atomic E-state index is 6.39. The van der Waals surface area contributed by atoms with Crippen LogP contribution < -0.4 is 4.90 Å². The molecule has 10 aromatic rings. The van der Waals surface area contributed by atoms with Crippen LogP contribution in [0.15, 0.2) is 174 Å². The summed E-state index contributed by atoms with van der Waals surface area (Å²) in [6, 6.07) is 60.8. The van der Waals surface area contributed by atoms with Crippen LogP contribution in [0, 0.1) is 0 Å². The van der Waals surface area contributed by atoms with Crippen molar-refractivity contribution in [3.05, 3.63) is 170 Å². The zero-order valence-electron chi connectivity index (χ0n) is 25.5. The van der Waals surface area contributed by atoms with E-state index in [0.29, 0.717) is 0 Å². The van der Waals surface area contributed by atoms with E-state index >= 15 is 0 Å². The number of hydrogen-bond acceptors (Lipinski definition) is 2. The van der Waals surface area contributed by atoms with Gasteiger partial charge >= 0.3 is 0 Å². The largest absolute Gasteiger partial charge is 0.455 e. The Morgan fingerprint density at radius 3 is 1.81 bits per heavy atom. The molecule has 3 heteroatoms. The number of furan rings is 1. The van der Waals surface area contributed by atoms with Gasteiger partial charge in [-0.1, -0.05) is 97.1 Å². The van der Waals surface area contributed by atoms with Gasteiger partial charge < -0.3 is 13.9 Å². The number of rotatable bonds is 4. The second-order valence-electron chi connectivity index (χ2n) is 12.2. The Bertz CT molecular complexity index is 2740. The van der Waals surface area contributed by atoms with Crippen LogP contribution in [-0.4, -0.2) is 4.57 Å². The predicted octanol–water partition coefficient (Wildman–Crippen LogP) is 12.5. The number of nitrogens with zero attached hydrogens (tertiary/aromatic N) is 2. The Morgan fingerprint density at radius 2 is 1.02 bits per heavy atom. The Hall–Kier alpha value is -6.32. The lowest BCUT2D eigenvalue weighted by atomic mass is 10.0. The Labute approximate surface area is 271 Å². The number of hydrogen-bond donors (Lipinski definition) is 0. The third-order valence-corrected chi connectivity index (χ3v) is 9.56. The summed E-state index contributed by atoms with van der Waals surface area (Å²) in [5.41, 5.74) is 8.72. The molecule has 0 spiro atoms. The molecule has 10 rings (SSSR count). The van der Waals surface area contributed by atoms with Crippen molar-refractivity contribution >= 4 is 82.4 Å². The van der Waals surface area contributed by atoms with Crippen LogP contribution in [0.5, 0.6) is 0 Å². The van der Waals surface area contributed by atoms with Gasteiger partial charge in [0.1, 0.15) is 11.2 Å². The van der Waals surface area contributed by atoms with E-state index < -0.39 is 0 Å². The molecule has 2 heterocycles. The van der Waals surface area contributed by atoms with E-state index in [4.69, 9.17) is 4.42 Å². The van der Waals surface area contributed by atoms with Crippen molar-refractivity contribution in [3.8, 4) is 5.69 Å². The molecule has 0 N–H and O–H groups in total. The molecule has 0 radical (unpaired) electrons. The van der Waals surface area contributed by atoms with Crippen molar-refractivity contribution in [2.45, 2.75) is 0 Å². The van der Waals surface area contributed by atoms with E-state index in [-0.39, 0.29) is 0 Å². The molecule has 0 saturated carbocycles. The van der Waals surface area contributed by atoms with E-state index in [2.05, 4.69) is 167 Å². The number of aromatic nitrogens is 1. The number of para-hydroxylation sites is 3. The Balaban J connectivity index is 1.17. The predicted molar refractivity (Wildman–Crippen MR) is 198 cm³/mol. The zero-order chi connectivity index (χ0) is 30.9. The van der Waals surface area contributed by atoms with Crippen LogP contribution in [0.1, 0.15) is 0 Å². The minimum Gasteiger partial charge on any atom is -0.455 e. The summed E-state index contributed by atoms with van der Waals surface area (Å²) in [7, 11) is 0. The molecule has 220 valence electrons. The highest BCUT2D eigenvalue weighted by molar-refractivity contribution is 6.15. The Morgan fingerprint density at radius 1 is 0.404 bits per heavy atom. The molecule has 47 heavy (non-hydrogen) atoms. The van der Waals surface area contributed by atoms with Gasteiger partial charge in [0.15, 0.2) is 0 Å². The number of benzene rings is 8. The molecular weight excluding hydrogens is 572 g/mol. The molecule has 0 atom stereocenters. The fraction of sp³-hybridized carbons (Fsp3) is 0. The first-order valence-electron chi connectivity index (χ1n) is 16.0. The molecule has 3 nitrogen and oxygen atoms in total. The lowest BCUT2D eigenvalue weighted by Crippen LogP contribution is -2.10. The quantitative estimate of drug-likeness (QED) is 0.200. The van der Waals surface area contributed by atoms with Crippen molar-refractivity contribution < 1.29 is 4.42 Å². The van der Waals surface area contributed by atoms with Gasteiger partial charge in [-0.3, -0.25) is 0 Å². The molecule has 2 aromatic heterocycles.